The number of nitrogens with zero attached hydrogens (tertiary/aromatic N) is 8. The van der Waals surface area contributed by atoms with Crippen molar-refractivity contribution in [3.8, 4) is 5.69 Å². The summed E-state index contributed by atoms with van der Waals surface area (Å²) in [5, 5.41) is 9.34. The van der Waals surface area contributed by atoms with Crippen LogP contribution in [0.15, 0.2) is 30.6 Å². The molecular weight excluding hydrogens is 493 g/mol. The molecule has 7 rings (SSSR count). The number of rotatable bonds is 3. The first kappa shape index (κ1) is 22.3. The topological polar surface area (TPSA) is 66.2 Å². The van der Waals surface area contributed by atoms with Gasteiger partial charge in [-0.1, -0.05) is 11.6 Å². The fraction of sp³-hybridized carbons (Fsp3) is 0.500. The lowest BCUT2D eigenvalue weighted by Crippen LogP contribution is -2.73. The predicted octanol–water partition coefficient (Wildman–Crippen LogP) is 3.76. The molecule has 3 aromatic rings. The summed E-state index contributed by atoms with van der Waals surface area (Å²) < 4.78 is 44.0. The Morgan fingerprint density at radius 2 is 1.72 bits per heavy atom. The van der Waals surface area contributed by atoms with Crippen LogP contribution in [0.1, 0.15) is 29.9 Å². The normalized spacial score (nSPS) is 21.9. The highest BCUT2D eigenvalue weighted by molar-refractivity contribution is 6.30. The Balaban J connectivity index is 1.17. The van der Waals surface area contributed by atoms with Crippen LogP contribution < -0.4 is 9.80 Å². The monoisotopic (exact) mass is 516 g/mol. The smallest absolute Gasteiger partial charge is 0.354 e. The van der Waals surface area contributed by atoms with Gasteiger partial charge >= 0.3 is 6.18 Å². The number of benzene rings is 1. The zero-order chi connectivity index (χ0) is 24.9. The second-order valence-electron chi connectivity index (χ2n) is 10.6. The quantitative estimate of drug-likeness (QED) is 0.525. The number of aromatic nitrogens is 5. The standard InChI is InChI=1S/C24H24ClF3N8/c1-15-7-29-8-19(30-15)33-11-22(12-33)13-34(14-22)21-32-31-20-10-35(23(4-5-23)24(26,27)28)9-16-6-17(25)2-3-18(16)36(20)21/h2-3,6-8H,4-5,9-14H2,1H3. The number of hydrogen-bond acceptors (Lipinski definition) is 7. The van der Waals surface area contributed by atoms with E-state index in [1.807, 2.05) is 17.6 Å². The van der Waals surface area contributed by atoms with Gasteiger partial charge < -0.3 is 9.80 Å². The second kappa shape index (κ2) is 7.32. The molecule has 0 atom stereocenters. The van der Waals surface area contributed by atoms with Crippen LogP contribution in [0.4, 0.5) is 24.9 Å². The van der Waals surface area contributed by atoms with Crippen LogP contribution in [0.2, 0.25) is 5.02 Å². The molecule has 0 N–H and O–H groups in total. The number of alkyl halides is 3. The highest BCUT2D eigenvalue weighted by Gasteiger charge is 2.67. The van der Waals surface area contributed by atoms with Crippen molar-refractivity contribution in [2.75, 3.05) is 36.0 Å². The molecule has 0 unspecified atom stereocenters. The first-order valence-corrected chi connectivity index (χ1v) is 12.4. The molecule has 1 aromatic carbocycles. The molecule has 0 radical (unpaired) electrons. The molecule has 4 aliphatic rings. The van der Waals surface area contributed by atoms with E-state index in [0.29, 0.717) is 16.8 Å². The minimum atomic E-state index is -4.30. The lowest BCUT2D eigenvalue weighted by Gasteiger charge is -2.60. The number of fused-ring (bicyclic) bond motifs is 3. The maximum absolute atomic E-state index is 14.0. The molecule has 36 heavy (non-hydrogen) atoms. The molecule has 0 amide bonds. The van der Waals surface area contributed by atoms with Gasteiger partial charge in [0, 0.05) is 49.4 Å². The fourth-order valence-electron chi connectivity index (χ4n) is 6.03. The van der Waals surface area contributed by atoms with Crippen molar-refractivity contribution in [3.05, 3.63) is 52.7 Å². The zero-order valence-corrected chi connectivity index (χ0v) is 20.4. The van der Waals surface area contributed by atoms with Gasteiger partial charge in [-0.05, 0) is 43.5 Å². The van der Waals surface area contributed by atoms with Gasteiger partial charge in [-0.2, -0.15) is 13.2 Å². The van der Waals surface area contributed by atoms with Crippen molar-refractivity contribution in [1.29, 1.82) is 0 Å². The van der Waals surface area contributed by atoms with Crippen molar-refractivity contribution in [3.63, 3.8) is 0 Å². The van der Waals surface area contributed by atoms with Gasteiger partial charge in [0.05, 0.1) is 24.1 Å². The van der Waals surface area contributed by atoms with Crippen molar-refractivity contribution in [2.45, 2.75) is 44.6 Å². The van der Waals surface area contributed by atoms with Crippen molar-refractivity contribution in [1.82, 2.24) is 29.6 Å². The second-order valence-corrected chi connectivity index (χ2v) is 11.1. The predicted molar refractivity (Wildman–Crippen MR) is 127 cm³/mol. The molecule has 1 spiro atoms. The summed E-state index contributed by atoms with van der Waals surface area (Å²) in [6.45, 7) is 5.56. The van der Waals surface area contributed by atoms with Crippen LogP contribution in [0.3, 0.4) is 0 Å². The van der Waals surface area contributed by atoms with Crippen LogP contribution in [0, 0.1) is 12.3 Å². The zero-order valence-electron chi connectivity index (χ0n) is 19.6. The summed E-state index contributed by atoms with van der Waals surface area (Å²) in [6, 6.07) is 5.39. The molecule has 12 heteroatoms. The minimum absolute atomic E-state index is 0.0809. The Labute approximate surface area is 210 Å². The third-order valence-electron chi connectivity index (χ3n) is 8.00. The maximum Gasteiger partial charge on any atom is 0.406 e. The molecule has 3 aliphatic heterocycles. The lowest BCUT2D eigenvalue weighted by atomic mass is 9.73. The molecule has 2 saturated heterocycles. The van der Waals surface area contributed by atoms with Crippen LogP contribution in [0.25, 0.3) is 5.69 Å². The summed E-state index contributed by atoms with van der Waals surface area (Å²) in [6.07, 6.45) is -0.567. The molecule has 0 bridgehead atoms. The van der Waals surface area contributed by atoms with E-state index >= 15 is 0 Å². The Morgan fingerprint density at radius 3 is 2.42 bits per heavy atom. The van der Waals surface area contributed by atoms with E-state index in [2.05, 4.69) is 30.0 Å². The first-order chi connectivity index (χ1) is 17.2. The average molecular weight is 517 g/mol. The fourth-order valence-corrected chi connectivity index (χ4v) is 6.22. The molecule has 8 nitrogen and oxygen atoms in total. The molecule has 3 fully saturated rings. The Kier molecular flexibility index (Phi) is 4.53. The molecule has 5 heterocycles. The highest BCUT2D eigenvalue weighted by atomic mass is 35.5. The largest absolute Gasteiger partial charge is 0.406 e. The summed E-state index contributed by atoms with van der Waals surface area (Å²) in [4.78, 5) is 14.7. The number of anilines is 2. The van der Waals surface area contributed by atoms with Crippen molar-refractivity contribution in [2.24, 2.45) is 5.41 Å². The summed E-state index contributed by atoms with van der Waals surface area (Å²) in [5.74, 6) is 2.08. The van der Waals surface area contributed by atoms with E-state index in [0.717, 1.165) is 48.9 Å². The van der Waals surface area contributed by atoms with Gasteiger partial charge in [-0.25, -0.2) is 4.98 Å². The van der Waals surface area contributed by atoms with E-state index in [-0.39, 0.29) is 31.3 Å². The first-order valence-electron chi connectivity index (χ1n) is 12.0. The van der Waals surface area contributed by atoms with Crippen molar-refractivity contribution < 1.29 is 13.2 Å². The SMILES string of the molecule is Cc1cncc(N2CC3(C2)CN(c2nnc4n2-c2ccc(Cl)cc2CN(C2(C(F)(F)F)CC2)C4)C3)n1. The number of aryl methyl sites for hydroxylation is 1. The highest BCUT2D eigenvalue weighted by Crippen LogP contribution is 2.55. The van der Waals surface area contributed by atoms with Crippen LogP contribution in [-0.2, 0) is 13.1 Å². The Bertz CT molecular complexity index is 1350. The summed E-state index contributed by atoms with van der Waals surface area (Å²) >= 11 is 6.27. The molecular formula is C24H24ClF3N8. The van der Waals surface area contributed by atoms with E-state index < -0.39 is 11.7 Å². The van der Waals surface area contributed by atoms with Crippen LogP contribution in [-0.4, -0.2) is 67.5 Å². The molecule has 1 saturated carbocycles. The molecule has 1 aliphatic carbocycles. The lowest BCUT2D eigenvalue weighted by molar-refractivity contribution is -0.200. The summed E-state index contributed by atoms with van der Waals surface area (Å²) in [7, 11) is 0. The van der Waals surface area contributed by atoms with E-state index in [1.54, 1.807) is 24.5 Å². The maximum atomic E-state index is 14.0. The van der Waals surface area contributed by atoms with Crippen LogP contribution in [0.5, 0.6) is 0 Å². The average Bonchev–Trinajstić information content (AvgIpc) is 3.51. The minimum Gasteiger partial charge on any atom is -0.354 e. The van der Waals surface area contributed by atoms with Gasteiger partial charge in [0.1, 0.15) is 11.4 Å². The van der Waals surface area contributed by atoms with Gasteiger partial charge in [-0.3, -0.25) is 14.5 Å². The Hall–Kier alpha value is -2.92. The number of hydrogen-bond donors (Lipinski definition) is 0. The molecule has 2 aromatic heterocycles. The van der Waals surface area contributed by atoms with E-state index in [1.165, 1.54) is 4.90 Å². The van der Waals surface area contributed by atoms with Gasteiger partial charge in [-0.15, -0.1) is 10.2 Å². The van der Waals surface area contributed by atoms with Crippen LogP contribution >= 0.6 is 11.6 Å². The summed E-state index contributed by atoms with van der Waals surface area (Å²) in [5.41, 5.74) is 0.775. The number of halogens is 4. The third kappa shape index (κ3) is 3.25. The third-order valence-corrected chi connectivity index (χ3v) is 8.23. The molecule has 188 valence electrons. The van der Waals surface area contributed by atoms with Gasteiger partial charge in [0.15, 0.2) is 5.82 Å². The van der Waals surface area contributed by atoms with E-state index in [4.69, 9.17) is 11.6 Å². The van der Waals surface area contributed by atoms with Crippen molar-refractivity contribution >= 4 is 23.4 Å². The van der Waals surface area contributed by atoms with Gasteiger partial charge in [0.25, 0.3) is 0 Å². The van der Waals surface area contributed by atoms with Gasteiger partial charge in [0.2, 0.25) is 5.95 Å². The Morgan fingerprint density at radius 1 is 0.972 bits per heavy atom. The van der Waals surface area contributed by atoms with E-state index in [9.17, 15) is 13.2 Å².